The van der Waals surface area contributed by atoms with Gasteiger partial charge in [0, 0.05) is 38.7 Å². The van der Waals surface area contributed by atoms with Crippen LogP contribution in [0.4, 0.5) is 0 Å². The molecule has 0 radical (unpaired) electrons. The number of carbonyl (C=O) groups is 2. The molecular weight excluding hydrogens is 368 g/mol. The Hall–Kier alpha value is -2.67. The van der Waals surface area contributed by atoms with E-state index in [-0.39, 0.29) is 17.9 Å². The van der Waals surface area contributed by atoms with Crippen LogP contribution in [0.1, 0.15) is 47.7 Å². The third-order valence-corrected chi connectivity index (χ3v) is 6.09. The Morgan fingerprint density at radius 1 is 0.966 bits per heavy atom. The first-order valence-corrected chi connectivity index (χ1v) is 10.6. The van der Waals surface area contributed by atoms with Gasteiger partial charge in [0.25, 0.3) is 11.8 Å². The predicted octanol–water partition coefficient (Wildman–Crippen LogP) is 2.21. The fraction of sp³-hybridized carbons (Fsp3) is 0.500. The van der Waals surface area contributed by atoms with Crippen LogP contribution in [0.2, 0.25) is 0 Å². The van der Waals surface area contributed by atoms with Crippen molar-refractivity contribution in [3.8, 4) is 5.69 Å². The number of para-hydroxylation sites is 1. The molecule has 7 nitrogen and oxygen atoms in total. The van der Waals surface area contributed by atoms with Crippen molar-refractivity contribution in [3.63, 3.8) is 0 Å². The Labute approximate surface area is 170 Å². The van der Waals surface area contributed by atoms with Gasteiger partial charge < -0.3 is 14.5 Å². The first kappa shape index (κ1) is 18.4. The van der Waals surface area contributed by atoms with E-state index in [2.05, 4.69) is 5.10 Å². The lowest BCUT2D eigenvalue weighted by molar-refractivity contribution is -0.142. The summed E-state index contributed by atoms with van der Waals surface area (Å²) in [6.07, 6.45) is 5.38. The van der Waals surface area contributed by atoms with Gasteiger partial charge in [-0.1, -0.05) is 18.2 Å². The summed E-state index contributed by atoms with van der Waals surface area (Å²) >= 11 is 0. The lowest BCUT2D eigenvalue weighted by Gasteiger charge is -2.35. The Bertz CT molecular complexity index is 892. The highest BCUT2D eigenvalue weighted by atomic mass is 16.5. The molecule has 7 heteroatoms. The third kappa shape index (κ3) is 3.55. The van der Waals surface area contributed by atoms with E-state index in [4.69, 9.17) is 4.74 Å². The van der Waals surface area contributed by atoms with E-state index in [1.165, 1.54) is 0 Å². The molecule has 1 atom stereocenters. The van der Waals surface area contributed by atoms with E-state index >= 15 is 0 Å². The van der Waals surface area contributed by atoms with E-state index in [0.29, 0.717) is 44.3 Å². The van der Waals surface area contributed by atoms with Gasteiger partial charge in [0.2, 0.25) is 0 Å². The second-order valence-electron chi connectivity index (χ2n) is 8.08. The highest BCUT2D eigenvalue weighted by Gasteiger charge is 2.36. The van der Waals surface area contributed by atoms with E-state index in [1.807, 2.05) is 44.8 Å². The molecule has 3 aliphatic rings. The van der Waals surface area contributed by atoms with Crippen LogP contribution in [-0.4, -0.2) is 70.3 Å². The molecule has 2 amide bonds. The van der Waals surface area contributed by atoms with Gasteiger partial charge in [0.15, 0.2) is 0 Å². The summed E-state index contributed by atoms with van der Waals surface area (Å²) in [5.74, 6) is 0.502. The summed E-state index contributed by atoms with van der Waals surface area (Å²) in [6.45, 7) is 2.91. The highest BCUT2D eigenvalue weighted by Crippen LogP contribution is 2.42. The topological polar surface area (TPSA) is 67.7 Å². The summed E-state index contributed by atoms with van der Waals surface area (Å²) in [5.41, 5.74) is 2.72. The lowest BCUT2D eigenvalue weighted by Crippen LogP contribution is -2.52. The molecule has 1 aromatic carbocycles. The number of piperazine rings is 1. The van der Waals surface area contributed by atoms with Gasteiger partial charge in [-0.2, -0.15) is 5.10 Å². The van der Waals surface area contributed by atoms with Crippen LogP contribution in [-0.2, 0) is 9.53 Å². The van der Waals surface area contributed by atoms with Crippen molar-refractivity contribution in [1.82, 2.24) is 19.6 Å². The molecule has 0 N–H and O–H groups in total. The normalized spacial score (nSPS) is 22.1. The fourth-order valence-electron chi connectivity index (χ4n) is 4.32. The second kappa shape index (κ2) is 7.63. The number of amides is 2. The largest absolute Gasteiger partial charge is 0.368 e. The van der Waals surface area contributed by atoms with Crippen LogP contribution >= 0.6 is 0 Å². The van der Waals surface area contributed by atoms with E-state index in [9.17, 15) is 9.59 Å². The van der Waals surface area contributed by atoms with Gasteiger partial charge in [-0.3, -0.25) is 9.59 Å². The first-order valence-electron chi connectivity index (χ1n) is 10.6. The van der Waals surface area contributed by atoms with E-state index in [0.717, 1.165) is 37.1 Å². The Balaban J connectivity index is 1.30. The summed E-state index contributed by atoms with van der Waals surface area (Å²) in [6, 6.07) is 9.98. The maximum atomic E-state index is 13.3. The summed E-state index contributed by atoms with van der Waals surface area (Å²) in [4.78, 5) is 29.5. The molecule has 3 fully saturated rings. The van der Waals surface area contributed by atoms with Gasteiger partial charge in [-0.05, 0) is 37.8 Å². The average Bonchev–Trinajstić information content (AvgIpc) is 3.28. The van der Waals surface area contributed by atoms with Crippen molar-refractivity contribution in [2.24, 2.45) is 0 Å². The molecular formula is C22H26N4O3. The maximum Gasteiger partial charge on any atom is 0.257 e. The lowest BCUT2D eigenvalue weighted by atomic mass is 10.1. The number of hydrogen-bond donors (Lipinski definition) is 0. The minimum Gasteiger partial charge on any atom is -0.368 e. The van der Waals surface area contributed by atoms with Crippen molar-refractivity contribution < 1.29 is 14.3 Å². The second-order valence-corrected chi connectivity index (χ2v) is 8.08. The zero-order valence-corrected chi connectivity index (χ0v) is 16.5. The number of carbonyl (C=O) groups excluding carboxylic acids is 2. The van der Waals surface area contributed by atoms with Gasteiger partial charge in [-0.25, -0.2) is 4.68 Å². The molecule has 29 heavy (non-hydrogen) atoms. The van der Waals surface area contributed by atoms with Crippen LogP contribution in [0.15, 0.2) is 36.5 Å². The standard InChI is InChI=1S/C22H26N4O3/c27-21(24-10-12-25(13-11-24)22(28)19-7-4-14-29-19)18-15-23-26(20(18)16-8-9-16)17-5-2-1-3-6-17/h1-3,5-6,15-16,19H,4,7-14H2/t19-/m1/s1. The summed E-state index contributed by atoms with van der Waals surface area (Å²) in [5, 5.41) is 4.55. The molecule has 0 unspecified atom stereocenters. The number of rotatable bonds is 4. The zero-order valence-electron chi connectivity index (χ0n) is 16.5. The van der Waals surface area contributed by atoms with Crippen LogP contribution in [0, 0.1) is 0 Å². The third-order valence-electron chi connectivity index (χ3n) is 6.09. The van der Waals surface area contributed by atoms with Crippen molar-refractivity contribution in [2.75, 3.05) is 32.8 Å². The molecule has 2 aliphatic heterocycles. The first-order chi connectivity index (χ1) is 14.2. The molecule has 2 saturated heterocycles. The number of benzene rings is 1. The molecule has 152 valence electrons. The number of nitrogens with zero attached hydrogens (tertiary/aromatic N) is 4. The average molecular weight is 394 g/mol. The molecule has 3 heterocycles. The van der Waals surface area contributed by atoms with Crippen molar-refractivity contribution in [1.29, 1.82) is 0 Å². The van der Waals surface area contributed by atoms with Gasteiger partial charge in [0.05, 0.1) is 23.1 Å². The monoisotopic (exact) mass is 394 g/mol. The van der Waals surface area contributed by atoms with Crippen LogP contribution in [0.5, 0.6) is 0 Å². The Kier molecular flexibility index (Phi) is 4.83. The molecule has 2 aromatic rings. The fourth-order valence-corrected chi connectivity index (χ4v) is 4.32. The summed E-state index contributed by atoms with van der Waals surface area (Å²) in [7, 11) is 0. The van der Waals surface area contributed by atoms with E-state index < -0.39 is 0 Å². The highest BCUT2D eigenvalue weighted by molar-refractivity contribution is 5.96. The summed E-state index contributed by atoms with van der Waals surface area (Å²) < 4.78 is 7.44. The molecule has 1 aliphatic carbocycles. The van der Waals surface area contributed by atoms with Gasteiger partial charge in [-0.15, -0.1) is 0 Å². The maximum absolute atomic E-state index is 13.3. The van der Waals surface area contributed by atoms with Crippen LogP contribution < -0.4 is 0 Å². The minimum absolute atomic E-state index is 0.0262. The SMILES string of the molecule is O=C(c1cnn(-c2ccccc2)c1C1CC1)N1CCN(C(=O)[C@H]2CCCO2)CC1. The van der Waals surface area contributed by atoms with Gasteiger partial charge in [0.1, 0.15) is 6.10 Å². The molecule has 0 spiro atoms. The number of hydrogen-bond acceptors (Lipinski definition) is 4. The smallest absolute Gasteiger partial charge is 0.257 e. The molecule has 0 bridgehead atoms. The van der Waals surface area contributed by atoms with Crippen LogP contribution in [0.25, 0.3) is 5.69 Å². The minimum atomic E-state index is -0.289. The van der Waals surface area contributed by atoms with Crippen molar-refractivity contribution in [2.45, 2.75) is 37.7 Å². The van der Waals surface area contributed by atoms with Crippen molar-refractivity contribution in [3.05, 3.63) is 47.8 Å². The zero-order chi connectivity index (χ0) is 19.8. The Morgan fingerprint density at radius 2 is 1.69 bits per heavy atom. The molecule has 1 aromatic heterocycles. The predicted molar refractivity (Wildman–Crippen MR) is 107 cm³/mol. The number of aromatic nitrogens is 2. The Morgan fingerprint density at radius 3 is 2.34 bits per heavy atom. The molecule has 5 rings (SSSR count). The van der Waals surface area contributed by atoms with E-state index in [1.54, 1.807) is 6.20 Å². The number of ether oxygens (including phenoxy) is 1. The quantitative estimate of drug-likeness (QED) is 0.797. The van der Waals surface area contributed by atoms with Crippen LogP contribution in [0.3, 0.4) is 0 Å². The van der Waals surface area contributed by atoms with Crippen molar-refractivity contribution >= 4 is 11.8 Å². The molecule has 1 saturated carbocycles. The van der Waals surface area contributed by atoms with Gasteiger partial charge >= 0.3 is 0 Å².